The molecule has 0 fully saturated rings. The van der Waals surface area contributed by atoms with Crippen LogP contribution < -0.4 is 5.73 Å². The van der Waals surface area contributed by atoms with Crippen LogP contribution in [0.3, 0.4) is 0 Å². The van der Waals surface area contributed by atoms with E-state index in [4.69, 9.17) is 9.76 Å². The summed E-state index contributed by atoms with van der Waals surface area (Å²) in [5.41, 5.74) is 6.53. The molecule has 21 heavy (non-hydrogen) atoms. The lowest BCUT2D eigenvalue weighted by molar-refractivity contribution is 0.638. The zero-order valence-electron chi connectivity index (χ0n) is 14.7. The normalized spacial score (nSPS) is 16.4. The number of anilines is 1. The topological polar surface area (TPSA) is 55.5 Å². The van der Waals surface area contributed by atoms with Gasteiger partial charge in [0.25, 0.3) is 0 Å². The van der Waals surface area contributed by atoms with E-state index < -0.39 is 22.7 Å². The summed E-state index contributed by atoms with van der Waals surface area (Å²) < 4.78 is 18.4. The molecule has 0 radical (unpaired) electrons. The van der Waals surface area contributed by atoms with Crippen LogP contribution in [0.1, 0.15) is 41.5 Å². The first-order chi connectivity index (χ1) is 9.21. The van der Waals surface area contributed by atoms with Crippen molar-refractivity contribution in [2.24, 2.45) is 4.03 Å². The SMILES string of the molecule is CC(C)(C)[Si](C)(C)N=S(=O)(c1cccc(N)c1)C(C)(C)C. The lowest BCUT2D eigenvalue weighted by Gasteiger charge is -2.36. The van der Waals surface area contributed by atoms with E-state index in [1.54, 1.807) is 0 Å². The van der Waals surface area contributed by atoms with Gasteiger partial charge in [0.05, 0.1) is 9.73 Å². The Labute approximate surface area is 131 Å². The predicted octanol–water partition coefficient (Wildman–Crippen LogP) is 4.90. The van der Waals surface area contributed by atoms with E-state index in [9.17, 15) is 4.21 Å². The summed E-state index contributed by atoms with van der Waals surface area (Å²) in [6, 6.07) is 7.38. The van der Waals surface area contributed by atoms with Crippen molar-refractivity contribution in [2.75, 3.05) is 5.73 Å². The molecule has 120 valence electrons. The molecule has 1 atom stereocenters. The van der Waals surface area contributed by atoms with E-state index in [1.165, 1.54) is 0 Å². The van der Waals surface area contributed by atoms with Crippen LogP contribution in [0, 0.1) is 0 Å². The molecule has 0 amide bonds. The van der Waals surface area contributed by atoms with Gasteiger partial charge in [0.2, 0.25) is 0 Å². The fourth-order valence-corrected chi connectivity index (χ4v) is 8.14. The van der Waals surface area contributed by atoms with Crippen LogP contribution >= 0.6 is 0 Å². The maximum absolute atomic E-state index is 13.8. The van der Waals surface area contributed by atoms with Gasteiger partial charge in [-0.1, -0.05) is 26.8 Å². The van der Waals surface area contributed by atoms with Gasteiger partial charge in [-0.25, -0.2) is 4.21 Å². The van der Waals surface area contributed by atoms with Gasteiger partial charge in [-0.15, -0.1) is 0 Å². The fraction of sp³-hybridized carbons (Fsp3) is 0.625. The van der Waals surface area contributed by atoms with Crippen molar-refractivity contribution in [3.05, 3.63) is 24.3 Å². The van der Waals surface area contributed by atoms with Gasteiger partial charge in [-0.2, -0.15) is 0 Å². The highest BCUT2D eigenvalue weighted by Gasteiger charge is 2.40. The maximum Gasteiger partial charge on any atom is 0.193 e. The molecule has 1 rings (SSSR count). The minimum absolute atomic E-state index is 0.0568. The Balaban J connectivity index is 3.70. The van der Waals surface area contributed by atoms with Crippen molar-refractivity contribution < 1.29 is 4.21 Å². The number of hydrogen-bond acceptors (Lipinski definition) is 3. The molecule has 0 saturated carbocycles. The fourth-order valence-electron chi connectivity index (χ4n) is 1.69. The Bertz CT molecular complexity index is 630. The molecular weight excluding hydrogens is 296 g/mol. The molecule has 0 spiro atoms. The lowest BCUT2D eigenvalue weighted by atomic mass is 10.2. The molecular formula is C16H30N2OSSi. The highest BCUT2D eigenvalue weighted by Crippen LogP contribution is 2.40. The first kappa shape index (κ1) is 18.2. The van der Waals surface area contributed by atoms with Crippen LogP contribution in [-0.2, 0) is 9.73 Å². The van der Waals surface area contributed by atoms with Crippen molar-refractivity contribution in [3.8, 4) is 0 Å². The van der Waals surface area contributed by atoms with E-state index >= 15 is 0 Å². The highest BCUT2D eigenvalue weighted by molar-refractivity contribution is 7.95. The van der Waals surface area contributed by atoms with E-state index in [-0.39, 0.29) is 5.04 Å². The van der Waals surface area contributed by atoms with Crippen LogP contribution in [0.4, 0.5) is 5.69 Å². The molecule has 5 heteroatoms. The largest absolute Gasteiger partial charge is 0.399 e. The zero-order chi connectivity index (χ0) is 16.7. The van der Waals surface area contributed by atoms with Gasteiger partial charge < -0.3 is 5.73 Å². The summed E-state index contributed by atoms with van der Waals surface area (Å²) in [5.74, 6) is 0. The predicted molar refractivity (Wildman–Crippen MR) is 96.6 cm³/mol. The highest BCUT2D eigenvalue weighted by atomic mass is 32.2. The Morgan fingerprint density at radius 2 is 1.62 bits per heavy atom. The Morgan fingerprint density at radius 3 is 2.00 bits per heavy atom. The second-order valence-corrected chi connectivity index (χ2v) is 16.2. The number of rotatable bonds is 2. The molecule has 2 N–H and O–H groups in total. The van der Waals surface area contributed by atoms with Crippen molar-refractivity contribution in [1.29, 1.82) is 0 Å². The van der Waals surface area contributed by atoms with Gasteiger partial charge in [0.1, 0.15) is 0 Å². The third kappa shape index (κ3) is 3.69. The smallest absolute Gasteiger partial charge is 0.193 e. The summed E-state index contributed by atoms with van der Waals surface area (Å²) in [6.07, 6.45) is 0. The zero-order valence-corrected chi connectivity index (χ0v) is 16.5. The molecule has 1 unspecified atom stereocenters. The third-order valence-electron chi connectivity index (χ3n) is 4.20. The number of hydrogen-bond donors (Lipinski definition) is 1. The van der Waals surface area contributed by atoms with Gasteiger partial charge in [0, 0.05) is 15.3 Å². The standard InChI is InChI=1S/C16H30N2OSSi/c1-15(2,3)20(19,14-11-9-10-13(17)12-14)18-21(7,8)16(4,5)6/h9-12H,17H2,1-8H3. The monoisotopic (exact) mass is 326 g/mol. The molecule has 0 bridgehead atoms. The first-order valence-corrected chi connectivity index (χ1v) is 11.8. The minimum atomic E-state index is -2.54. The van der Waals surface area contributed by atoms with Gasteiger partial charge in [-0.05, 0) is 57.1 Å². The molecule has 3 nitrogen and oxygen atoms in total. The van der Waals surface area contributed by atoms with E-state index in [0.29, 0.717) is 5.69 Å². The van der Waals surface area contributed by atoms with Gasteiger partial charge in [-0.3, -0.25) is 4.03 Å². The number of nitrogens with zero attached hydrogens (tertiary/aromatic N) is 1. The van der Waals surface area contributed by atoms with Crippen LogP contribution in [0.5, 0.6) is 0 Å². The maximum atomic E-state index is 13.8. The van der Waals surface area contributed by atoms with E-state index in [2.05, 4.69) is 33.9 Å². The molecule has 1 aromatic rings. The Kier molecular flexibility index (Phi) is 4.72. The number of nitrogen functional groups attached to an aromatic ring is 1. The lowest BCUT2D eigenvalue weighted by Crippen LogP contribution is -2.39. The summed E-state index contributed by atoms with van der Waals surface area (Å²) >= 11 is 0. The summed E-state index contributed by atoms with van der Waals surface area (Å²) in [7, 11) is -4.58. The van der Waals surface area contributed by atoms with Crippen molar-refractivity contribution >= 4 is 23.7 Å². The van der Waals surface area contributed by atoms with Crippen LogP contribution in [0.25, 0.3) is 0 Å². The third-order valence-corrected chi connectivity index (χ3v) is 13.3. The van der Waals surface area contributed by atoms with Crippen LogP contribution in [0.15, 0.2) is 33.2 Å². The molecule has 1 aromatic carbocycles. The Hall–Kier alpha value is -0.813. The van der Waals surface area contributed by atoms with Crippen LogP contribution in [0.2, 0.25) is 18.1 Å². The molecule has 0 aliphatic rings. The summed E-state index contributed by atoms with van der Waals surface area (Å²) in [4.78, 5) is 0.750. The van der Waals surface area contributed by atoms with E-state index in [0.717, 1.165) is 4.90 Å². The molecule has 0 aromatic heterocycles. The summed E-state index contributed by atoms with van der Waals surface area (Å²) in [5, 5.41) is 0.0568. The average molecular weight is 327 g/mol. The van der Waals surface area contributed by atoms with Crippen molar-refractivity contribution in [2.45, 2.75) is 69.3 Å². The molecule has 0 saturated heterocycles. The summed E-state index contributed by atoms with van der Waals surface area (Å²) in [6.45, 7) is 16.9. The molecule has 0 heterocycles. The minimum Gasteiger partial charge on any atom is -0.399 e. The molecule has 0 aliphatic carbocycles. The van der Waals surface area contributed by atoms with Crippen molar-refractivity contribution in [3.63, 3.8) is 0 Å². The second kappa shape index (κ2) is 5.43. The first-order valence-electron chi connectivity index (χ1n) is 7.34. The molecule has 0 aliphatic heterocycles. The van der Waals surface area contributed by atoms with Crippen molar-refractivity contribution in [1.82, 2.24) is 0 Å². The second-order valence-electron chi connectivity index (χ2n) is 8.11. The van der Waals surface area contributed by atoms with E-state index in [1.807, 2.05) is 45.0 Å². The quantitative estimate of drug-likeness (QED) is 0.621. The van der Waals surface area contributed by atoms with Gasteiger partial charge >= 0.3 is 0 Å². The van der Waals surface area contributed by atoms with Gasteiger partial charge in [0.15, 0.2) is 8.24 Å². The van der Waals surface area contributed by atoms with Crippen LogP contribution in [-0.4, -0.2) is 17.2 Å². The number of nitrogens with two attached hydrogens (primary N) is 1. The number of benzene rings is 1. The Morgan fingerprint density at radius 1 is 1.10 bits per heavy atom. The average Bonchev–Trinajstić information content (AvgIpc) is 2.25.